The van der Waals surface area contributed by atoms with Gasteiger partial charge in [-0.15, -0.1) is 0 Å². The Hall–Kier alpha value is -1.64. The minimum absolute atomic E-state index is 0.244. The first kappa shape index (κ1) is 14.4. The predicted octanol–water partition coefficient (Wildman–Crippen LogP) is 2.89. The van der Waals surface area contributed by atoms with E-state index in [1.807, 2.05) is 12.1 Å². The van der Waals surface area contributed by atoms with Crippen LogP contribution in [0.25, 0.3) is 0 Å². The van der Waals surface area contributed by atoms with Gasteiger partial charge in [0.15, 0.2) is 5.78 Å². The fourth-order valence-corrected chi connectivity index (χ4v) is 1.51. The molecule has 0 bridgehead atoms. The molecule has 0 aliphatic heterocycles. The average Bonchev–Trinajstić information content (AvgIpc) is 2.35. The molecule has 3 heteroatoms. The molecule has 97 valence electrons. The van der Waals surface area contributed by atoms with E-state index < -0.39 is 6.10 Å². The average molecular weight is 247 g/mol. The summed E-state index contributed by atoms with van der Waals surface area (Å²) in [6.45, 7) is 7.66. The lowest BCUT2D eigenvalue weighted by atomic mass is 10.0. The van der Waals surface area contributed by atoms with E-state index >= 15 is 0 Å². The van der Waals surface area contributed by atoms with Gasteiger partial charge < -0.3 is 4.74 Å². The third kappa shape index (κ3) is 3.69. The molecule has 1 rings (SSSR count). The fourth-order valence-electron chi connectivity index (χ4n) is 1.51. The molecule has 0 fully saturated rings. The maximum absolute atomic E-state index is 11.7. The Morgan fingerprint density at radius 3 is 2.06 bits per heavy atom. The Bertz CT molecular complexity index is 404. The van der Waals surface area contributed by atoms with Gasteiger partial charge in [-0.3, -0.25) is 9.59 Å². The maximum Gasteiger partial charge on any atom is 0.250 e. The zero-order valence-corrected chi connectivity index (χ0v) is 11.3. The van der Waals surface area contributed by atoms with Gasteiger partial charge in [0.05, 0.1) is 0 Å². The van der Waals surface area contributed by atoms with Crippen LogP contribution in [0.4, 0.5) is 0 Å². The lowest BCUT2D eigenvalue weighted by Crippen LogP contribution is -2.32. The van der Waals surface area contributed by atoms with Crippen LogP contribution in [0.15, 0.2) is 24.3 Å². The van der Waals surface area contributed by atoms with E-state index in [4.69, 9.17) is 4.74 Å². The number of benzene rings is 1. The summed E-state index contributed by atoms with van der Waals surface area (Å²) in [6, 6.07) is 7.41. The van der Waals surface area contributed by atoms with E-state index in [-0.39, 0.29) is 11.7 Å². The summed E-state index contributed by atoms with van der Waals surface area (Å²) < 4.78 is 5.35. The molecule has 0 aliphatic rings. The summed E-state index contributed by atoms with van der Waals surface area (Å²) in [6.07, 6.45) is 0.518. The van der Waals surface area contributed by atoms with Gasteiger partial charge in [-0.25, -0.2) is 0 Å². The Labute approximate surface area is 108 Å². The molecule has 0 N–H and O–H groups in total. The summed E-state index contributed by atoms with van der Waals surface area (Å²) >= 11 is 0. The molecule has 1 aromatic rings. The molecule has 0 spiro atoms. The Kier molecular flexibility index (Phi) is 5.08. The molecule has 1 radical (unpaired) electrons. The zero-order valence-electron chi connectivity index (χ0n) is 11.3. The number of Topliss-reactive ketones (excluding diaryl/α,β-unsaturated/α-hetero) is 1. The van der Waals surface area contributed by atoms with Gasteiger partial charge in [0.2, 0.25) is 6.10 Å². The second-order valence-corrected chi connectivity index (χ2v) is 4.90. The summed E-state index contributed by atoms with van der Waals surface area (Å²) in [5, 5.41) is 0. The third-order valence-corrected chi connectivity index (χ3v) is 2.74. The van der Waals surface area contributed by atoms with Crippen LogP contribution in [-0.2, 0) is 9.59 Å². The smallest absolute Gasteiger partial charge is 0.250 e. The van der Waals surface area contributed by atoms with E-state index in [9.17, 15) is 9.59 Å². The van der Waals surface area contributed by atoms with Crippen LogP contribution in [0.5, 0.6) is 5.75 Å². The van der Waals surface area contributed by atoms with Gasteiger partial charge in [0, 0.05) is 5.92 Å². The highest BCUT2D eigenvalue weighted by Crippen LogP contribution is 2.19. The van der Waals surface area contributed by atoms with Gasteiger partial charge in [0.1, 0.15) is 5.75 Å². The first-order valence-corrected chi connectivity index (χ1v) is 6.13. The molecule has 1 aromatic carbocycles. The second kappa shape index (κ2) is 6.34. The van der Waals surface area contributed by atoms with Crippen molar-refractivity contribution in [2.45, 2.75) is 39.7 Å². The molecule has 1 unspecified atom stereocenters. The molecule has 18 heavy (non-hydrogen) atoms. The normalized spacial score (nSPS) is 12.6. The highest BCUT2D eigenvalue weighted by atomic mass is 16.5. The van der Waals surface area contributed by atoms with Crippen molar-refractivity contribution in [3.8, 4) is 5.75 Å². The summed E-state index contributed by atoms with van der Waals surface area (Å²) in [7, 11) is 0. The number of hydrogen-bond donors (Lipinski definition) is 0. The van der Waals surface area contributed by atoms with Gasteiger partial charge in [-0.05, 0) is 23.6 Å². The van der Waals surface area contributed by atoms with Crippen molar-refractivity contribution >= 4 is 12.1 Å². The minimum atomic E-state index is -1.13. The standard InChI is InChI=1S/C15H19O3/c1-10(2)12-5-7-13(8-6-12)18-14(9-16)15(17)11(3)4/h5-8,10-11,14H,1-4H3. The first-order chi connectivity index (χ1) is 8.45. The Balaban J connectivity index is 2.76. The van der Waals surface area contributed by atoms with Crippen LogP contribution < -0.4 is 4.74 Å². The number of carbonyl (C=O) groups is 1. The van der Waals surface area contributed by atoms with E-state index in [0.717, 1.165) is 0 Å². The van der Waals surface area contributed by atoms with E-state index in [1.54, 1.807) is 32.3 Å². The highest BCUT2D eigenvalue weighted by Gasteiger charge is 2.23. The maximum atomic E-state index is 11.7. The zero-order chi connectivity index (χ0) is 13.7. The van der Waals surface area contributed by atoms with Gasteiger partial charge in [-0.2, -0.15) is 0 Å². The molecule has 0 heterocycles. The quantitative estimate of drug-likeness (QED) is 0.726. The van der Waals surface area contributed by atoms with Crippen molar-refractivity contribution in [2.24, 2.45) is 5.92 Å². The molecule has 0 saturated heterocycles. The summed E-state index contributed by atoms with van der Waals surface area (Å²) in [4.78, 5) is 22.4. The van der Waals surface area contributed by atoms with Crippen LogP contribution in [0.1, 0.15) is 39.2 Å². The Morgan fingerprint density at radius 1 is 1.11 bits per heavy atom. The minimum Gasteiger partial charge on any atom is -0.474 e. The van der Waals surface area contributed by atoms with Crippen molar-refractivity contribution < 1.29 is 14.3 Å². The van der Waals surface area contributed by atoms with Crippen molar-refractivity contribution in [1.82, 2.24) is 0 Å². The SMILES string of the molecule is CC(C)C(=O)C([C]=O)Oc1ccc(C(C)C)cc1. The lowest BCUT2D eigenvalue weighted by molar-refractivity contribution is -0.126. The molecule has 0 saturated carbocycles. The fraction of sp³-hybridized carbons (Fsp3) is 0.467. The highest BCUT2D eigenvalue weighted by molar-refractivity contribution is 5.97. The van der Waals surface area contributed by atoms with Gasteiger partial charge in [-0.1, -0.05) is 39.8 Å². The number of carbonyl (C=O) groups excluding carboxylic acids is 2. The monoisotopic (exact) mass is 247 g/mol. The number of ether oxygens (including phenoxy) is 1. The first-order valence-electron chi connectivity index (χ1n) is 6.13. The number of ketones is 1. The molecular formula is C15H19O3. The van der Waals surface area contributed by atoms with Crippen molar-refractivity contribution in [3.63, 3.8) is 0 Å². The molecule has 0 aliphatic carbocycles. The van der Waals surface area contributed by atoms with Crippen LogP contribution in [0, 0.1) is 5.92 Å². The van der Waals surface area contributed by atoms with Gasteiger partial charge >= 0.3 is 0 Å². The van der Waals surface area contributed by atoms with Crippen LogP contribution in [0.2, 0.25) is 0 Å². The molecular weight excluding hydrogens is 228 g/mol. The largest absolute Gasteiger partial charge is 0.474 e. The summed E-state index contributed by atoms with van der Waals surface area (Å²) in [5.41, 5.74) is 1.18. The van der Waals surface area contributed by atoms with Crippen LogP contribution in [0.3, 0.4) is 0 Å². The van der Waals surface area contributed by atoms with Crippen molar-refractivity contribution in [1.29, 1.82) is 0 Å². The Morgan fingerprint density at radius 2 is 1.67 bits per heavy atom. The molecule has 0 aromatic heterocycles. The number of rotatable bonds is 6. The van der Waals surface area contributed by atoms with Crippen molar-refractivity contribution in [3.05, 3.63) is 29.8 Å². The van der Waals surface area contributed by atoms with Gasteiger partial charge in [0.25, 0.3) is 6.29 Å². The van der Waals surface area contributed by atoms with E-state index in [0.29, 0.717) is 11.7 Å². The third-order valence-electron chi connectivity index (χ3n) is 2.74. The predicted molar refractivity (Wildman–Crippen MR) is 70.5 cm³/mol. The number of hydrogen-bond acceptors (Lipinski definition) is 3. The van der Waals surface area contributed by atoms with Crippen molar-refractivity contribution in [2.75, 3.05) is 0 Å². The second-order valence-electron chi connectivity index (χ2n) is 4.90. The summed E-state index contributed by atoms with van der Waals surface area (Å²) in [5.74, 6) is 0.454. The lowest BCUT2D eigenvalue weighted by Gasteiger charge is -2.14. The van der Waals surface area contributed by atoms with Crippen LogP contribution >= 0.6 is 0 Å². The molecule has 0 amide bonds. The van der Waals surface area contributed by atoms with E-state index in [2.05, 4.69) is 13.8 Å². The molecule has 3 nitrogen and oxygen atoms in total. The molecule has 1 atom stereocenters. The van der Waals surface area contributed by atoms with Crippen LogP contribution in [-0.4, -0.2) is 18.2 Å². The van der Waals surface area contributed by atoms with E-state index in [1.165, 1.54) is 5.56 Å². The topological polar surface area (TPSA) is 43.4 Å².